The molecule has 2 heterocycles. The van der Waals surface area contributed by atoms with Crippen LogP contribution in [0.5, 0.6) is 0 Å². The number of hydrogen-bond donors (Lipinski definition) is 2. The van der Waals surface area contributed by atoms with Crippen LogP contribution in [0.4, 0.5) is 0 Å². The lowest BCUT2D eigenvalue weighted by Crippen LogP contribution is -2.52. The molecule has 0 aliphatic carbocycles. The summed E-state index contributed by atoms with van der Waals surface area (Å²) in [6.45, 7) is 7.19. The molecular weight excluding hydrogens is 461 g/mol. The van der Waals surface area contributed by atoms with Gasteiger partial charge in [-0.1, -0.05) is 55.6 Å². The number of primary amides is 1. The molecule has 1 atom stereocenters. The minimum atomic E-state index is -0.881. The van der Waals surface area contributed by atoms with Gasteiger partial charge < -0.3 is 11.1 Å². The molecule has 0 bridgehead atoms. The van der Waals surface area contributed by atoms with E-state index in [0.717, 1.165) is 0 Å². The molecule has 10 heteroatoms. The van der Waals surface area contributed by atoms with Crippen LogP contribution in [0.15, 0.2) is 36.5 Å². The molecule has 7 nitrogen and oxygen atoms in total. The summed E-state index contributed by atoms with van der Waals surface area (Å²) >= 11 is 18.6. The molecule has 31 heavy (non-hydrogen) atoms. The molecular formula is C21H22Cl3N5O2. The van der Waals surface area contributed by atoms with Crippen LogP contribution in [0.1, 0.15) is 36.8 Å². The van der Waals surface area contributed by atoms with Crippen LogP contribution in [-0.2, 0) is 4.79 Å². The number of aromatic nitrogens is 3. The van der Waals surface area contributed by atoms with E-state index >= 15 is 0 Å². The number of nitrogens with zero attached hydrogens (tertiary/aromatic N) is 3. The van der Waals surface area contributed by atoms with E-state index in [2.05, 4.69) is 10.4 Å². The first-order valence-electron chi connectivity index (χ1n) is 9.40. The zero-order valence-corrected chi connectivity index (χ0v) is 19.7. The van der Waals surface area contributed by atoms with E-state index in [-0.39, 0.29) is 5.69 Å². The van der Waals surface area contributed by atoms with Gasteiger partial charge in [0.2, 0.25) is 5.91 Å². The van der Waals surface area contributed by atoms with Crippen LogP contribution in [0, 0.1) is 12.3 Å². The zero-order valence-electron chi connectivity index (χ0n) is 17.4. The highest BCUT2D eigenvalue weighted by atomic mass is 35.5. The monoisotopic (exact) mass is 481 g/mol. The summed E-state index contributed by atoms with van der Waals surface area (Å²) in [5.41, 5.74) is 6.20. The Morgan fingerprint density at radius 1 is 1.13 bits per heavy atom. The lowest BCUT2D eigenvalue weighted by Gasteiger charge is -2.28. The van der Waals surface area contributed by atoms with Gasteiger partial charge in [0, 0.05) is 11.8 Å². The van der Waals surface area contributed by atoms with Crippen molar-refractivity contribution in [3.63, 3.8) is 0 Å². The molecule has 3 aromatic rings. The van der Waals surface area contributed by atoms with Gasteiger partial charge in [0.25, 0.3) is 5.91 Å². The molecule has 3 rings (SSSR count). The van der Waals surface area contributed by atoms with Gasteiger partial charge in [0.05, 0.1) is 15.7 Å². The van der Waals surface area contributed by atoms with Gasteiger partial charge >= 0.3 is 0 Å². The Morgan fingerprint density at radius 3 is 2.32 bits per heavy atom. The fraction of sp³-hybridized carbons (Fsp3) is 0.286. The lowest BCUT2D eigenvalue weighted by molar-refractivity contribution is -0.122. The number of nitrogens with one attached hydrogen (secondary N) is 1. The predicted molar refractivity (Wildman–Crippen MR) is 123 cm³/mol. The van der Waals surface area contributed by atoms with Crippen LogP contribution in [-0.4, -0.2) is 32.2 Å². The second-order valence-corrected chi connectivity index (χ2v) is 9.38. The van der Waals surface area contributed by atoms with Gasteiger partial charge in [-0.2, -0.15) is 5.10 Å². The first kappa shape index (κ1) is 23.2. The van der Waals surface area contributed by atoms with E-state index < -0.39 is 23.3 Å². The van der Waals surface area contributed by atoms with Crippen LogP contribution in [0.25, 0.3) is 11.5 Å². The van der Waals surface area contributed by atoms with Crippen molar-refractivity contribution in [3.8, 4) is 11.5 Å². The van der Waals surface area contributed by atoms with E-state index in [0.29, 0.717) is 32.3 Å². The summed E-state index contributed by atoms with van der Waals surface area (Å²) in [5, 5.41) is 8.38. The Kier molecular flexibility index (Phi) is 6.41. The summed E-state index contributed by atoms with van der Waals surface area (Å²) in [6.07, 6.45) is 1.75. The van der Waals surface area contributed by atoms with Crippen molar-refractivity contribution in [3.05, 3.63) is 63.0 Å². The standard InChI is InChI=1S/C21H22Cl3N5O2/c1-11-16(19(31)26-17(18(25)30)21(2,3)4)27-29(12-7-8-13(22)14(23)10-12)20(11)28-9-5-6-15(28)24/h5-10,17H,1-4H3,(H2,25,30)(H,26,31)/t17-/m1/s1. The minimum absolute atomic E-state index is 0.126. The summed E-state index contributed by atoms with van der Waals surface area (Å²) in [6, 6.07) is 7.62. The van der Waals surface area contributed by atoms with E-state index in [1.165, 1.54) is 0 Å². The Bertz CT molecular complexity index is 1160. The average Bonchev–Trinajstić information content (AvgIpc) is 3.23. The molecule has 0 fully saturated rings. The molecule has 0 radical (unpaired) electrons. The van der Waals surface area contributed by atoms with E-state index in [9.17, 15) is 9.59 Å². The molecule has 0 unspecified atom stereocenters. The highest BCUT2D eigenvalue weighted by Crippen LogP contribution is 2.30. The van der Waals surface area contributed by atoms with Crippen molar-refractivity contribution in [1.82, 2.24) is 19.7 Å². The number of nitrogens with two attached hydrogens (primary N) is 1. The van der Waals surface area contributed by atoms with Gasteiger partial charge in [-0.25, -0.2) is 4.68 Å². The maximum atomic E-state index is 13.1. The number of hydrogen-bond acceptors (Lipinski definition) is 3. The van der Waals surface area contributed by atoms with Crippen molar-refractivity contribution in [1.29, 1.82) is 0 Å². The lowest BCUT2D eigenvalue weighted by atomic mass is 9.86. The number of benzene rings is 1. The van der Waals surface area contributed by atoms with Crippen molar-refractivity contribution >= 4 is 46.6 Å². The van der Waals surface area contributed by atoms with E-state index in [1.807, 2.05) is 20.8 Å². The van der Waals surface area contributed by atoms with Gasteiger partial charge in [0.15, 0.2) is 5.69 Å². The second-order valence-electron chi connectivity index (χ2n) is 8.18. The third-order valence-electron chi connectivity index (χ3n) is 4.81. The summed E-state index contributed by atoms with van der Waals surface area (Å²) in [5.74, 6) is -0.611. The van der Waals surface area contributed by atoms with Crippen molar-refractivity contribution < 1.29 is 9.59 Å². The zero-order chi connectivity index (χ0) is 23.1. The van der Waals surface area contributed by atoms with Crippen molar-refractivity contribution in [2.75, 3.05) is 0 Å². The van der Waals surface area contributed by atoms with Gasteiger partial charge in [-0.15, -0.1) is 0 Å². The third-order valence-corrected chi connectivity index (χ3v) is 5.85. The van der Waals surface area contributed by atoms with Crippen molar-refractivity contribution in [2.45, 2.75) is 33.7 Å². The molecule has 0 aliphatic heterocycles. The number of carbonyl (C=O) groups is 2. The molecule has 164 valence electrons. The van der Waals surface area contributed by atoms with Crippen LogP contribution in [0.3, 0.4) is 0 Å². The summed E-state index contributed by atoms with van der Waals surface area (Å²) in [4.78, 5) is 25.0. The van der Waals surface area contributed by atoms with Crippen LogP contribution < -0.4 is 11.1 Å². The molecule has 3 N–H and O–H groups in total. The second kappa shape index (κ2) is 8.57. The number of carbonyl (C=O) groups excluding carboxylic acids is 2. The smallest absolute Gasteiger partial charge is 0.272 e. The fourth-order valence-electron chi connectivity index (χ4n) is 3.23. The van der Waals surface area contributed by atoms with Crippen LogP contribution in [0.2, 0.25) is 15.2 Å². The normalized spacial score (nSPS) is 12.6. The first-order chi connectivity index (χ1) is 14.4. The van der Waals surface area contributed by atoms with E-state index in [4.69, 9.17) is 40.5 Å². The topological polar surface area (TPSA) is 94.9 Å². The molecule has 0 saturated heterocycles. The quantitative estimate of drug-likeness (QED) is 0.558. The summed E-state index contributed by atoms with van der Waals surface area (Å²) < 4.78 is 3.24. The average molecular weight is 483 g/mol. The van der Waals surface area contributed by atoms with Crippen LogP contribution >= 0.6 is 34.8 Å². The Balaban J connectivity index is 2.16. The number of rotatable bonds is 5. The maximum Gasteiger partial charge on any atom is 0.272 e. The highest BCUT2D eigenvalue weighted by molar-refractivity contribution is 6.42. The Labute approximate surface area is 195 Å². The van der Waals surface area contributed by atoms with Gasteiger partial charge in [0.1, 0.15) is 17.0 Å². The summed E-state index contributed by atoms with van der Waals surface area (Å²) in [7, 11) is 0. The number of halogens is 3. The molecule has 0 spiro atoms. The first-order valence-corrected chi connectivity index (χ1v) is 10.5. The highest BCUT2D eigenvalue weighted by Gasteiger charge is 2.33. The molecule has 0 aliphatic rings. The van der Waals surface area contributed by atoms with Gasteiger partial charge in [-0.3, -0.25) is 14.2 Å². The Morgan fingerprint density at radius 2 is 1.81 bits per heavy atom. The maximum absolute atomic E-state index is 13.1. The minimum Gasteiger partial charge on any atom is -0.368 e. The number of amides is 2. The molecule has 2 amide bonds. The predicted octanol–water partition coefficient (Wildman–Crippen LogP) is 4.56. The third kappa shape index (κ3) is 4.59. The fourth-order valence-corrected chi connectivity index (χ4v) is 3.73. The van der Waals surface area contributed by atoms with Crippen molar-refractivity contribution in [2.24, 2.45) is 11.1 Å². The Hall–Kier alpha value is -2.48. The molecule has 1 aromatic carbocycles. The SMILES string of the molecule is Cc1c(C(=O)N[C@H](C(N)=O)C(C)(C)C)nn(-c2ccc(Cl)c(Cl)c2)c1-n1cccc1Cl. The van der Waals surface area contributed by atoms with E-state index in [1.54, 1.807) is 52.7 Å². The van der Waals surface area contributed by atoms with Gasteiger partial charge in [-0.05, 0) is 42.7 Å². The largest absolute Gasteiger partial charge is 0.368 e. The molecule has 2 aromatic heterocycles. The molecule has 0 saturated carbocycles.